The van der Waals surface area contributed by atoms with Gasteiger partial charge in [0, 0.05) is 12.4 Å². The lowest BCUT2D eigenvalue weighted by Crippen LogP contribution is -2.30. The van der Waals surface area contributed by atoms with Gasteiger partial charge in [0.2, 0.25) is 5.82 Å². The van der Waals surface area contributed by atoms with Crippen LogP contribution in [0.25, 0.3) is 0 Å². The molecule has 4 heteroatoms. The van der Waals surface area contributed by atoms with E-state index in [1.54, 1.807) is 6.20 Å². The number of ether oxygens (including phenoxy) is 1. The van der Waals surface area contributed by atoms with Gasteiger partial charge < -0.3 is 9.30 Å². The number of nitriles is 1. The Bertz CT molecular complexity index is 295. The second-order valence-electron chi connectivity index (χ2n) is 2.46. The molecule has 1 saturated heterocycles. The van der Waals surface area contributed by atoms with Crippen LogP contribution >= 0.6 is 0 Å². The Morgan fingerprint density at radius 3 is 3.09 bits per heavy atom. The Kier molecular flexibility index (Phi) is 1.37. The Balaban J connectivity index is 2.29. The summed E-state index contributed by atoms with van der Waals surface area (Å²) < 4.78 is 6.85. The first-order valence-electron chi connectivity index (χ1n) is 3.42. The van der Waals surface area contributed by atoms with Gasteiger partial charge in [-0.25, -0.2) is 4.98 Å². The SMILES string of the molecule is N#Cc1nccn1C1COC1. The Morgan fingerprint density at radius 2 is 2.55 bits per heavy atom. The van der Waals surface area contributed by atoms with Crippen LogP contribution in [-0.2, 0) is 4.74 Å². The average Bonchev–Trinajstić information content (AvgIpc) is 2.32. The van der Waals surface area contributed by atoms with Gasteiger partial charge >= 0.3 is 0 Å². The van der Waals surface area contributed by atoms with Crippen LogP contribution in [0.4, 0.5) is 0 Å². The van der Waals surface area contributed by atoms with E-state index >= 15 is 0 Å². The molecule has 1 aromatic heterocycles. The van der Waals surface area contributed by atoms with Crippen molar-refractivity contribution in [2.75, 3.05) is 13.2 Å². The lowest BCUT2D eigenvalue weighted by molar-refractivity contribution is -0.0237. The maximum absolute atomic E-state index is 8.60. The van der Waals surface area contributed by atoms with E-state index in [-0.39, 0.29) is 0 Å². The topological polar surface area (TPSA) is 50.8 Å². The molecule has 0 aromatic carbocycles. The highest BCUT2D eigenvalue weighted by Crippen LogP contribution is 2.17. The van der Waals surface area contributed by atoms with Crippen molar-refractivity contribution >= 4 is 0 Å². The van der Waals surface area contributed by atoms with Gasteiger partial charge in [0.05, 0.1) is 19.3 Å². The number of aromatic nitrogens is 2. The van der Waals surface area contributed by atoms with Crippen molar-refractivity contribution in [3.05, 3.63) is 18.2 Å². The minimum atomic E-state index is 0.326. The molecular weight excluding hydrogens is 142 g/mol. The molecule has 4 nitrogen and oxygen atoms in total. The highest BCUT2D eigenvalue weighted by Gasteiger charge is 2.21. The van der Waals surface area contributed by atoms with Gasteiger partial charge in [-0.1, -0.05) is 0 Å². The normalized spacial score (nSPS) is 17.4. The standard InChI is InChI=1S/C7H7N3O/c8-3-7-9-1-2-10(7)6-4-11-5-6/h1-2,6H,4-5H2. The zero-order valence-electron chi connectivity index (χ0n) is 5.90. The maximum Gasteiger partial charge on any atom is 0.213 e. The van der Waals surface area contributed by atoms with Crippen LogP contribution in [0.3, 0.4) is 0 Å². The quantitative estimate of drug-likeness (QED) is 0.578. The van der Waals surface area contributed by atoms with Crippen LogP contribution in [0.15, 0.2) is 12.4 Å². The zero-order valence-corrected chi connectivity index (χ0v) is 5.90. The molecule has 0 N–H and O–H groups in total. The first-order chi connectivity index (χ1) is 5.42. The van der Waals surface area contributed by atoms with Gasteiger partial charge in [0.1, 0.15) is 6.07 Å². The molecule has 1 fully saturated rings. The fourth-order valence-corrected chi connectivity index (χ4v) is 1.08. The number of hydrogen-bond acceptors (Lipinski definition) is 3. The number of hydrogen-bond donors (Lipinski definition) is 0. The van der Waals surface area contributed by atoms with Gasteiger partial charge in [-0.05, 0) is 0 Å². The van der Waals surface area contributed by atoms with Gasteiger partial charge in [0.25, 0.3) is 0 Å². The van der Waals surface area contributed by atoms with Crippen molar-refractivity contribution in [3.63, 3.8) is 0 Å². The summed E-state index contributed by atoms with van der Waals surface area (Å²) in [4.78, 5) is 3.88. The molecule has 0 aliphatic carbocycles. The van der Waals surface area contributed by atoms with Crippen LogP contribution < -0.4 is 0 Å². The fourth-order valence-electron chi connectivity index (χ4n) is 1.08. The van der Waals surface area contributed by atoms with E-state index in [9.17, 15) is 0 Å². The Hall–Kier alpha value is -1.34. The van der Waals surface area contributed by atoms with E-state index in [0.29, 0.717) is 25.1 Å². The highest BCUT2D eigenvalue weighted by atomic mass is 16.5. The first kappa shape index (κ1) is 6.38. The molecule has 0 amide bonds. The van der Waals surface area contributed by atoms with Crippen molar-refractivity contribution in [3.8, 4) is 6.07 Å². The number of rotatable bonds is 1. The Labute approximate surface area is 64.0 Å². The molecule has 0 unspecified atom stereocenters. The molecule has 56 valence electrons. The van der Waals surface area contributed by atoms with Gasteiger partial charge in [-0.2, -0.15) is 5.26 Å². The first-order valence-corrected chi connectivity index (χ1v) is 3.42. The molecule has 0 spiro atoms. The van der Waals surface area contributed by atoms with E-state index in [4.69, 9.17) is 10.00 Å². The third-order valence-corrected chi connectivity index (χ3v) is 1.78. The summed E-state index contributed by atoms with van der Waals surface area (Å²) in [6.45, 7) is 1.40. The van der Waals surface area contributed by atoms with Crippen LogP contribution in [-0.4, -0.2) is 22.8 Å². The second kappa shape index (κ2) is 2.36. The zero-order chi connectivity index (χ0) is 7.68. The summed E-state index contributed by atoms with van der Waals surface area (Å²) in [5.41, 5.74) is 0. The lowest BCUT2D eigenvalue weighted by Gasteiger charge is -2.27. The van der Waals surface area contributed by atoms with Gasteiger partial charge in [-0.15, -0.1) is 0 Å². The minimum absolute atomic E-state index is 0.326. The van der Waals surface area contributed by atoms with Crippen molar-refractivity contribution in [1.82, 2.24) is 9.55 Å². The molecule has 1 aromatic rings. The van der Waals surface area contributed by atoms with E-state index in [1.807, 2.05) is 16.8 Å². The maximum atomic E-state index is 8.60. The summed E-state index contributed by atoms with van der Waals surface area (Å²) >= 11 is 0. The van der Waals surface area contributed by atoms with E-state index in [1.165, 1.54) is 0 Å². The van der Waals surface area contributed by atoms with Crippen molar-refractivity contribution in [1.29, 1.82) is 5.26 Å². The van der Waals surface area contributed by atoms with E-state index in [2.05, 4.69) is 4.98 Å². The third-order valence-electron chi connectivity index (χ3n) is 1.78. The van der Waals surface area contributed by atoms with Gasteiger partial charge in [0.15, 0.2) is 0 Å². The second-order valence-corrected chi connectivity index (χ2v) is 2.46. The average molecular weight is 149 g/mol. The molecule has 1 aliphatic rings. The highest BCUT2D eigenvalue weighted by molar-refractivity contribution is 5.12. The molecular formula is C7H7N3O. The Morgan fingerprint density at radius 1 is 1.73 bits per heavy atom. The summed E-state index contributed by atoms with van der Waals surface area (Å²) in [6.07, 6.45) is 3.45. The van der Waals surface area contributed by atoms with Crippen LogP contribution in [0.2, 0.25) is 0 Å². The largest absolute Gasteiger partial charge is 0.377 e. The molecule has 0 atom stereocenters. The van der Waals surface area contributed by atoms with Crippen LogP contribution in [0, 0.1) is 11.3 Å². The lowest BCUT2D eigenvalue weighted by atomic mass is 10.2. The molecule has 0 saturated carbocycles. The summed E-state index contributed by atoms with van der Waals surface area (Å²) in [7, 11) is 0. The summed E-state index contributed by atoms with van der Waals surface area (Å²) in [6, 6.07) is 2.35. The van der Waals surface area contributed by atoms with Crippen molar-refractivity contribution in [2.45, 2.75) is 6.04 Å². The van der Waals surface area contributed by atoms with E-state index in [0.717, 1.165) is 0 Å². The predicted molar refractivity (Wildman–Crippen MR) is 36.8 cm³/mol. The number of nitrogens with zero attached hydrogens (tertiary/aromatic N) is 3. The smallest absolute Gasteiger partial charge is 0.213 e. The molecule has 11 heavy (non-hydrogen) atoms. The minimum Gasteiger partial charge on any atom is -0.377 e. The monoisotopic (exact) mass is 149 g/mol. The van der Waals surface area contributed by atoms with Gasteiger partial charge in [-0.3, -0.25) is 0 Å². The predicted octanol–water partition coefficient (Wildman–Crippen LogP) is 0.326. The number of imidazole rings is 1. The van der Waals surface area contributed by atoms with Crippen molar-refractivity contribution < 1.29 is 4.74 Å². The molecule has 0 radical (unpaired) electrons. The fraction of sp³-hybridized carbons (Fsp3) is 0.429. The van der Waals surface area contributed by atoms with Crippen LogP contribution in [0.5, 0.6) is 0 Å². The summed E-state index contributed by atoms with van der Waals surface area (Å²) in [5.74, 6) is 0.471. The molecule has 1 aliphatic heterocycles. The third kappa shape index (κ3) is 0.900. The van der Waals surface area contributed by atoms with Crippen LogP contribution in [0.1, 0.15) is 11.9 Å². The molecule has 0 bridgehead atoms. The molecule has 2 rings (SSSR count). The molecule has 2 heterocycles. The van der Waals surface area contributed by atoms with E-state index < -0.39 is 0 Å². The van der Waals surface area contributed by atoms with Crippen molar-refractivity contribution in [2.24, 2.45) is 0 Å². The summed E-state index contributed by atoms with van der Waals surface area (Å²) in [5, 5.41) is 8.60.